The molecule has 1 atom stereocenters. The van der Waals surface area contributed by atoms with Crippen LogP contribution in [-0.2, 0) is 10.8 Å². The zero-order valence-electron chi connectivity index (χ0n) is 6.03. The molecule has 0 radical (unpaired) electrons. The molecule has 0 saturated heterocycles. The molecule has 1 heterocycles. The van der Waals surface area contributed by atoms with Gasteiger partial charge in [0.05, 0.1) is 18.3 Å². The number of carbonyl (C=O) groups is 1. The molecule has 5 heteroatoms. The zero-order chi connectivity index (χ0) is 8.27. The summed E-state index contributed by atoms with van der Waals surface area (Å²) in [5, 5.41) is 0. The Morgan fingerprint density at radius 1 is 1.82 bits per heavy atom. The van der Waals surface area contributed by atoms with Crippen LogP contribution in [0.1, 0.15) is 10.5 Å². The van der Waals surface area contributed by atoms with Gasteiger partial charge in [0.2, 0.25) is 0 Å². The van der Waals surface area contributed by atoms with Crippen LogP contribution in [0.15, 0.2) is 12.5 Å². The fourth-order valence-corrected chi connectivity index (χ4v) is 1.20. The van der Waals surface area contributed by atoms with E-state index in [1.165, 1.54) is 18.8 Å². The normalized spacial score (nSPS) is 12.8. The Labute approximate surface area is 66.5 Å². The first-order valence-corrected chi connectivity index (χ1v) is 4.74. The van der Waals surface area contributed by atoms with Crippen molar-refractivity contribution in [1.82, 2.24) is 9.97 Å². The molecule has 0 aliphatic carbocycles. The van der Waals surface area contributed by atoms with Crippen LogP contribution in [0.3, 0.4) is 0 Å². The minimum atomic E-state index is -1.08. The summed E-state index contributed by atoms with van der Waals surface area (Å²) < 4.78 is 10.6. The van der Waals surface area contributed by atoms with Gasteiger partial charge in [0, 0.05) is 17.1 Å². The van der Waals surface area contributed by atoms with Gasteiger partial charge in [-0.25, -0.2) is 4.98 Å². The van der Waals surface area contributed by atoms with Crippen molar-refractivity contribution in [1.29, 1.82) is 0 Å². The number of hydrogen-bond acceptors (Lipinski definition) is 3. The monoisotopic (exact) mass is 172 g/mol. The minimum absolute atomic E-state index is 0.0577. The van der Waals surface area contributed by atoms with Gasteiger partial charge in [-0.2, -0.15) is 0 Å². The van der Waals surface area contributed by atoms with Gasteiger partial charge >= 0.3 is 0 Å². The quantitative estimate of drug-likeness (QED) is 0.651. The molecule has 1 rings (SSSR count). The summed E-state index contributed by atoms with van der Waals surface area (Å²) in [4.78, 5) is 17.4. The van der Waals surface area contributed by atoms with Crippen LogP contribution in [0.4, 0.5) is 0 Å². The summed E-state index contributed by atoms with van der Waals surface area (Å²) in [6.07, 6.45) is 4.34. The molecule has 0 aromatic carbocycles. The number of nitrogens with one attached hydrogen (secondary N) is 1. The summed E-state index contributed by atoms with van der Waals surface area (Å²) in [6, 6.07) is 0. The SMILES string of the molecule is C[S@@](=O)CC(=O)c1cnc[nH]1. The lowest BCUT2D eigenvalue weighted by atomic mass is 10.3. The third-order valence-corrected chi connectivity index (χ3v) is 1.80. The number of imidazole rings is 1. The molecule has 0 amide bonds. The van der Waals surface area contributed by atoms with Gasteiger partial charge in [-0.3, -0.25) is 9.00 Å². The molecular weight excluding hydrogens is 164 g/mol. The third-order valence-electron chi connectivity index (χ3n) is 1.13. The fraction of sp³-hybridized carbons (Fsp3) is 0.333. The molecule has 1 N–H and O–H groups in total. The van der Waals surface area contributed by atoms with Crippen LogP contribution in [0.5, 0.6) is 0 Å². The molecule has 0 unspecified atom stereocenters. The number of rotatable bonds is 3. The molecule has 1 aromatic heterocycles. The van der Waals surface area contributed by atoms with Crippen molar-refractivity contribution in [2.24, 2.45) is 0 Å². The average molecular weight is 172 g/mol. The molecule has 11 heavy (non-hydrogen) atoms. The topological polar surface area (TPSA) is 62.8 Å². The molecule has 0 aliphatic heterocycles. The number of aromatic nitrogens is 2. The van der Waals surface area contributed by atoms with Gasteiger partial charge in [-0.1, -0.05) is 0 Å². The Kier molecular flexibility index (Phi) is 2.53. The maximum absolute atomic E-state index is 11.1. The van der Waals surface area contributed by atoms with E-state index in [1.807, 2.05) is 0 Å². The highest BCUT2D eigenvalue weighted by Crippen LogP contribution is 1.93. The maximum Gasteiger partial charge on any atom is 0.193 e. The van der Waals surface area contributed by atoms with Crippen LogP contribution < -0.4 is 0 Å². The smallest absolute Gasteiger partial charge is 0.193 e. The fourth-order valence-electron chi connectivity index (χ4n) is 0.671. The lowest BCUT2D eigenvalue weighted by Crippen LogP contribution is -2.09. The summed E-state index contributed by atoms with van der Waals surface area (Å²) in [6.45, 7) is 0. The highest BCUT2D eigenvalue weighted by Gasteiger charge is 2.07. The number of H-pyrrole nitrogens is 1. The second-order valence-electron chi connectivity index (χ2n) is 2.11. The molecule has 0 spiro atoms. The second-order valence-corrected chi connectivity index (χ2v) is 3.54. The highest BCUT2D eigenvalue weighted by molar-refractivity contribution is 7.85. The van der Waals surface area contributed by atoms with Gasteiger partial charge in [-0.15, -0.1) is 0 Å². The highest BCUT2D eigenvalue weighted by atomic mass is 32.2. The van der Waals surface area contributed by atoms with Gasteiger partial charge < -0.3 is 4.98 Å². The van der Waals surface area contributed by atoms with Crippen molar-refractivity contribution in [3.8, 4) is 0 Å². The predicted molar refractivity (Wildman–Crippen MR) is 41.9 cm³/mol. The standard InChI is InChI=1S/C6H8N2O2S/c1-11(10)3-6(9)5-2-7-4-8-5/h2,4H,3H2,1H3,(H,7,8)/t11-/m1/s1. The van der Waals surface area contributed by atoms with Gasteiger partial charge in [-0.05, 0) is 0 Å². The average Bonchev–Trinajstić information content (AvgIpc) is 2.35. The Balaban J connectivity index is 2.64. The molecule has 0 fully saturated rings. The van der Waals surface area contributed by atoms with E-state index in [9.17, 15) is 9.00 Å². The molecule has 4 nitrogen and oxygen atoms in total. The summed E-state index contributed by atoms with van der Waals surface area (Å²) >= 11 is 0. The molecule has 1 aromatic rings. The van der Waals surface area contributed by atoms with Crippen molar-refractivity contribution >= 4 is 16.6 Å². The number of carbonyl (C=O) groups excluding carboxylic acids is 1. The summed E-state index contributed by atoms with van der Waals surface area (Å²) in [5.74, 6) is -0.106. The number of ketones is 1. The van der Waals surface area contributed by atoms with Crippen molar-refractivity contribution in [2.75, 3.05) is 12.0 Å². The Hall–Kier alpha value is -0.970. The van der Waals surface area contributed by atoms with Gasteiger partial charge in [0.25, 0.3) is 0 Å². The maximum atomic E-state index is 11.1. The van der Waals surface area contributed by atoms with E-state index in [0.717, 1.165) is 0 Å². The first-order chi connectivity index (χ1) is 5.20. The van der Waals surface area contributed by atoms with Crippen LogP contribution in [0.25, 0.3) is 0 Å². The van der Waals surface area contributed by atoms with Gasteiger partial charge in [0.15, 0.2) is 5.78 Å². The van der Waals surface area contributed by atoms with E-state index in [4.69, 9.17) is 0 Å². The van der Waals surface area contributed by atoms with E-state index in [2.05, 4.69) is 9.97 Å². The van der Waals surface area contributed by atoms with E-state index >= 15 is 0 Å². The lowest BCUT2D eigenvalue weighted by molar-refractivity contribution is 0.101. The summed E-state index contributed by atoms with van der Waals surface area (Å²) in [7, 11) is -1.08. The number of hydrogen-bond donors (Lipinski definition) is 1. The van der Waals surface area contributed by atoms with Crippen molar-refractivity contribution in [2.45, 2.75) is 0 Å². The van der Waals surface area contributed by atoms with E-state index in [-0.39, 0.29) is 11.5 Å². The molecule has 0 saturated carbocycles. The largest absolute Gasteiger partial charge is 0.342 e. The van der Waals surface area contributed by atoms with E-state index in [0.29, 0.717) is 5.69 Å². The van der Waals surface area contributed by atoms with Crippen molar-refractivity contribution in [3.63, 3.8) is 0 Å². The van der Waals surface area contributed by atoms with Crippen LogP contribution in [0.2, 0.25) is 0 Å². The Bertz CT molecular complexity index is 268. The Morgan fingerprint density at radius 2 is 2.55 bits per heavy atom. The molecule has 0 aliphatic rings. The van der Waals surface area contributed by atoms with Gasteiger partial charge in [0.1, 0.15) is 5.69 Å². The Morgan fingerprint density at radius 3 is 3.00 bits per heavy atom. The molecule has 60 valence electrons. The molecular formula is C6H8N2O2S. The van der Waals surface area contributed by atoms with Crippen molar-refractivity contribution < 1.29 is 9.00 Å². The van der Waals surface area contributed by atoms with E-state index < -0.39 is 10.8 Å². The first kappa shape index (κ1) is 8.13. The number of aromatic amines is 1. The lowest BCUT2D eigenvalue weighted by Gasteiger charge is -1.91. The number of Topliss-reactive ketones (excluding diaryl/α,β-unsaturated/α-hetero) is 1. The summed E-state index contributed by atoms with van der Waals surface area (Å²) in [5.41, 5.74) is 0.417. The van der Waals surface area contributed by atoms with Crippen molar-refractivity contribution in [3.05, 3.63) is 18.2 Å². The van der Waals surface area contributed by atoms with Crippen LogP contribution >= 0.6 is 0 Å². The van der Waals surface area contributed by atoms with Crippen LogP contribution in [0, 0.1) is 0 Å². The van der Waals surface area contributed by atoms with E-state index in [1.54, 1.807) is 0 Å². The molecule has 0 bridgehead atoms. The minimum Gasteiger partial charge on any atom is -0.342 e. The zero-order valence-corrected chi connectivity index (χ0v) is 6.85. The third kappa shape index (κ3) is 2.27. The van der Waals surface area contributed by atoms with Crippen LogP contribution in [-0.4, -0.2) is 32.0 Å². The second kappa shape index (κ2) is 3.43. The number of nitrogens with zero attached hydrogens (tertiary/aromatic N) is 1. The first-order valence-electron chi connectivity index (χ1n) is 3.02. The predicted octanol–water partition coefficient (Wildman–Crippen LogP) is -0.0291.